The summed E-state index contributed by atoms with van der Waals surface area (Å²) in [4.78, 5) is 28.9. The van der Waals surface area contributed by atoms with Gasteiger partial charge in [-0.2, -0.15) is 0 Å². The fraction of sp³-hybridized carbons (Fsp3) is 0.348. The number of hydrogen-bond donors (Lipinski definition) is 1. The number of rotatable bonds is 2. The van der Waals surface area contributed by atoms with Gasteiger partial charge in [0.2, 0.25) is 0 Å². The number of aryl methyl sites for hydroxylation is 1. The molecule has 1 saturated carbocycles. The zero-order valence-electron chi connectivity index (χ0n) is 15.8. The number of hydrogen-bond acceptors (Lipinski definition) is 3. The van der Waals surface area contributed by atoms with E-state index in [-0.39, 0.29) is 11.3 Å². The van der Waals surface area contributed by atoms with Crippen LogP contribution in [0.25, 0.3) is 6.08 Å². The molecule has 1 aromatic carbocycles. The van der Waals surface area contributed by atoms with E-state index >= 15 is 0 Å². The molecular formula is C23H24N2O2. The van der Waals surface area contributed by atoms with Crippen LogP contribution in [0.3, 0.4) is 0 Å². The molecule has 138 valence electrons. The molecule has 4 nitrogen and oxygen atoms in total. The number of carbonyl (C=O) groups excluding carboxylic acids is 2. The van der Waals surface area contributed by atoms with Gasteiger partial charge in [0.05, 0.1) is 11.4 Å². The van der Waals surface area contributed by atoms with Gasteiger partial charge >= 0.3 is 0 Å². The van der Waals surface area contributed by atoms with Crippen LogP contribution in [-0.2, 0) is 10.2 Å². The molecule has 1 amide bonds. The van der Waals surface area contributed by atoms with Gasteiger partial charge in [0.25, 0.3) is 5.91 Å². The van der Waals surface area contributed by atoms with Crippen molar-refractivity contribution in [3.63, 3.8) is 0 Å². The number of anilines is 1. The Kier molecular flexibility index (Phi) is 4.42. The number of nitrogens with zero attached hydrogens (tertiary/aromatic N) is 1. The van der Waals surface area contributed by atoms with Crippen LogP contribution in [0.1, 0.15) is 59.8 Å². The van der Waals surface area contributed by atoms with E-state index in [1.165, 1.54) is 5.56 Å². The molecule has 4 heteroatoms. The first-order valence-corrected chi connectivity index (χ1v) is 9.53. The summed E-state index contributed by atoms with van der Waals surface area (Å²) in [6.45, 7) is 4.15. The number of nitrogens with one attached hydrogen (secondary N) is 1. The summed E-state index contributed by atoms with van der Waals surface area (Å²) in [5, 5.41) is 2.95. The van der Waals surface area contributed by atoms with Gasteiger partial charge < -0.3 is 5.32 Å². The van der Waals surface area contributed by atoms with Gasteiger partial charge in [0, 0.05) is 24.6 Å². The summed E-state index contributed by atoms with van der Waals surface area (Å²) in [5.41, 5.74) is 4.48. The van der Waals surface area contributed by atoms with E-state index in [9.17, 15) is 9.59 Å². The maximum absolute atomic E-state index is 12.7. The van der Waals surface area contributed by atoms with Gasteiger partial charge in [-0.25, -0.2) is 0 Å². The second-order valence-electron chi connectivity index (χ2n) is 7.89. The number of benzene rings is 1. The molecule has 1 N–H and O–H groups in total. The summed E-state index contributed by atoms with van der Waals surface area (Å²) in [6.07, 6.45) is 9.07. The average molecular weight is 360 g/mol. The Balaban J connectivity index is 1.66. The smallest absolute Gasteiger partial charge is 0.255 e. The van der Waals surface area contributed by atoms with E-state index < -0.39 is 0 Å². The fourth-order valence-corrected chi connectivity index (χ4v) is 4.44. The van der Waals surface area contributed by atoms with Gasteiger partial charge in [-0.15, -0.1) is 0 Å². The van der Waals surface area contributed by atoms with E-state index in [1.807, 2.05) is 31.2 Å². The molecule has 2 aliphatic carbocycles. The first kappa shape index (κ1) is 17.7. The molecule has 2 atom stereocenters. The minimum Gasteiger partial charge on any atom is -0.320 e. The lowest BCUT2D eigenvalue weighted by Crippen LogP contribution is -2.38. The number of carbonyl (C=O) groups is 2. The number of pyridine rings is 1. The largest absolute Gasteiger partial charge is 0.320 e. The summed E-state index contributed by atoms with van der Waals surface area (Å²) in [6, 6.07) is 9.62. The molecule has 1 heterocycles. The minimum atomic E-state index is -0.132. The van der Waals surface area contributed by atoms with Crippen LogP contribution in [0.15, 0.2) is 42.6 Å². The molecule has 4 rings (SSSR count). The molecule has 2 unspecified atom stereocenters. The highest BCUT2D eigenvalue weighted by molar-refractivity contribution is 6.05. The Morgan fingerprint density at radius 3 is 2.96 bits per heavy atom. The summed E-state index contributed by atoms with van der Waals surface area (Å²) < 4.78 is 0. The van der Waals surface area contributed by atoms with Crippen molar-refractivity contribution < 1.29 is 9.59 Å². The third-order valence-corrected chi connectivity index (χ3v) is 6.20. The maximum atomic E-state index is 12.7. The number of fused-ring (bicyclic) bond motifs is 3. The van der Waals surface area contributed by atoms with E-state index in [2.05, 4.69) is 35.4 Å². The van der Waals surface area contributed by atoms with Crippen LogP contribution in [0.2, 0.25) is 0 Å². The van der Waals surface area contributed by atoms with Crippen molar-refractivity contribution in [1.29, 1.82) is 0 Å². The number of amides is 1. The molecule has 0 aliphatic heterocycles. The second kappa shape index (κ2) is 6.76. The van der Waals surface area contributed by atoms with E-state index in [0.29, 0.717) is 30.1 Å². The minimum absolute atomic E-state index is 0.0122. The lowest BCUT2D eigenvalue weighted by Gasteiger charge is -2.41. The Morgan fingerprint density at radius 1 is 1.30 bits per heavy atom. The normalized spacial score (nSPS) is 23.9. The third-order valence-electron chi connectivity index (χ3n) is 6.20. The number of ketones is 1. The molecule has 2 aromatic rings. The monoisotopic (exact) mass is 360 g/mol. The van der Waals surface area contributed by atoms with Gasteiger partial charge in [-0.1, -0.05) is 25.1 Å². The molecule has 27 heavy (non-hydrogen) atoms. The number of allylic oxidation sites excluding steroid dienone is 1. The first-order valence-electron chi connectivity index (χ1n) is 9.53. The third kappa shape index (κ3) is 3.20. The van der Waals surface area contributed by atoms with Crippen molar-refractivity contribution in [3.05, 3.63) is 65.0 Å². The topological polar surface area (TPSA) is 59.1 Å². The molecular weight excluding hydrogens is 336 g/mol. The Hall–Kier alpha value is -2.75. The summed E-state index contributed by atoms with van der Waals surface area (Å²) >= 11 is 0. The molecule has 0 bridgehead atoms. The van der Waals surface area contributed by atoms with Gasteiger partial charge in [-0.3, -0.25) is 14.6 Å². The van der Waals surface area contributed by atoms with Crippen molar-refractivity contribution in [2.75, 3.05) is 5.32 Å². The Labute approximate surface area is 159 Å². The lowest BCUT2D eigenvalue weighted by molar-refractivity contribution is -0.123. The Morgan fingerprint density at radius 2 is 2.15 bits per heavy atom. The van der Waals surface area contributed by atoms with E-state index in [0.717, 1.165) is 29.8 Å². The van der Waals surface area contributed by atoms with Crippen molar-refractivity contribution in [2.24, 2.45) is 5.92 Å². The van der Waals surface area contributed by atoms with Crippen LogP contribution < -0.4 is 5.32 Å². The molecule has 0 saturated heterocycles. The van der Waals surface area contributed by atoms with Crippen molar-refractivity contribution in [1.82, 2.24) is 4.98 Å². The summed E-state index contributed by atoms with van der Waals surface area (Å²) in [5.74, 6) is 0.582. The lowest BCUT2D eigenvalue weighted by atomic mass is 9.62. The van der Waals surface area contributed by atoms with Crippen LogP contribution in [0, 0.1) is 12.8 Å². The molecule has 0 radical (unpaired) electrons. The SMILES string of the molecule is Cc1ncccc1NC(=O)c1ccc2c(c1)C=CCC1CC(=O)CCC21C. The van der Waals surface area contributed by atoms with E-state index in [4.69, 9.17) is 0 Å². The van der Waals surface area contributed by atoms with Gasteiger partial charge in [0.15, 0.2) is 0 Å². The highest BCUT2D eigenvalue weighted by Crippen LogP contribution is 2.47. The quantitative estimate of drug-likeness (QED) is 0.845. The predicted molar refractivity (Wildman–Crippen MR) is 107 cm³/mol. The van der Waals surface area contributed by atoms with Crippen molar-refractivity contribution >= 4 is 23.5 Å². The molecule has 2 aliphatic rings. The fourth-order valence-electron chi connectivity index (χ4n) is 4.44. The Bertz CT molecular complexity index is 947. The van der Waals surface area contributed by atoms with Crippen molar-refractivity contribution in [3.8, 4) is 0 Å². The highest BCUT2D eigenvalue weighted by Gasteiger charge is 2.42. The summed E-state index contributed by atoms with van der Waals surface area (Å²) in [7, 11) is 0. The molecule has 1 aromatic heterocycles. The van der Waals surface area contributed by atoms with Crippen LogP contribution in [0.5, 0.6) is 0 Å². The number of Topliss-reactive ketones (excluding diaryl/α,β-unsaturated/α-hetero) is 1. The zero-order valence-corrected chi connectivity index (χ0v) is 15.8. The van der Waals surface area contributed by atoms with Crippen LogP contribution in [0.4, 0.5) is 5.69 Å². The maximum Gasteiger partial charge on any atom is 0.255 e. The average Bonchev–Trinajstić information content (AvgIpc) is 2.80. The van der Waals surface area contributed by atoms with Crippen LogP contribution in [-0.4, -0.2) is 16.7 Å². The van der Waals surface area contributed by atoms with Crippen molar-refractivity contribution in [2.45, 2.75) is 44.9 Å². The second-order valence-corrected chi connectivity index (χ2v) is 7.89. The standard InChI is InChI=1S/C23H24N2O2/c1-15-21(7-4-12-24-15)25-22(27)17-8-9-20-16(13-17)5-3-6-18-14-19(26)10-11-23(18,20)2/h3-5,7-9,12-13,18H,6,10-11,14H2,1-2H3,(H,25,27). The van der Waals surface area contributed by atoms with Crippen LogP contribution >= 0.6 is 0 Å². The predicted octanol–water partition coefficient (Wildman–Crippen LogP) is 4.69. The van der Waals surface area contributed by atoms with Gasteiger partial charge in [-0.05, 0) is 66.5 Å². The molecule has 0 spiro atoms. The highest BCUT2D eigenvalue weighted by atomic mass is 16.1. The van der Waals surface area contributed by atoms with E-state index in [1.54, 1.807) is 6.20 Å². The molecule has 1 fully saturated rings. The van der Waals surface area contributed by atoms with Gasteiger partial charge in [0.1, 0.15) is 5.78 Å². The number of aromatic nitrogens is 1. The zero-order chi connectivity index (χ0) is 19.0. The first-order chi connectivity index (χ1) is 13.0.